The van der Waals surface area contributed by atoms with E-state index < -0.39 is 17.4 Å². The van der Waals surface area contributed by atoms with Crippen molar-refractivity contribution in [1.82, 2.24) is 14.8 Å². The number of aromatic nitrogens is 1. The third-order valence-corrected chi connectivity index (χ3v) is 5.20. The van der Waals surface area contributed by atoms with Gasteiger partial charge in [0.25, 0.3) is 11.5 Å². The molecular formula is C16H19BrClN3O4. The summed E-state index contributed by atoms with van der Waals surface area (Å²) in [5.74, 6) is -0.375. The lowest BCUT2D eigenvalue weighted by molar-refractivity contribution is 0.00950. The van der Waals surface area contributed by atoms with Gasteiger partial charge in [0, 0.05) is 25.9 Å². The van der Waals surface area contributed by atoms with Crippen LogP contribution in [-0.4, -0.2) is 40.2 Å². The number of piperidine rings is 1. The standard InChI is InChI=1S/C16H19BrClN3O4/c1-15(2,3)25-14(24)20-6-4-16(5-7-20)19-12(22)11-10(18)8-9(17)13(23)21(11)16/h8H,4-7H2,1-3H3,(H,19,22). The van der Waals surface area contributed by atoms with Crippen LogP contribution in [0.15, 0.2) is 15.3 Å². The third kappa shape index (κ3) is 3.17. The molecule has 0 aromatic carbocycles. The summed E-state index contributed by atoms with van der Waals surface area (Å²) in [6.45, 7) is 6.16. The van der Waals surface area contributed by atoms with Gasteiger partial charge in [-0.1, -0.05) is 11.6 Å². The summed E-state index contributed by atoms with van der Waals surface area (Å²) in [6.07, 6.45) is 0.404. The zero-order valence-corrected chi connectivity index (χ0v) is 16.5. The highest BCUT2D eigenvalue weighted by Crippen LogP contribution is 2.35. The summed E-state index contributed by atoms with van der Waals surface area (Å²) in [4.78, 5) is 38.8. The number of halogens is 2. The Bertz CT molecular complexity index is 807. The average Bonchev–Trinajstić information content (AvgIpc) is 2.76. The molecule has 0 radical (unpaired) electrons. The van der Waals surface area contributed by atoms with Crippen molar-refractivity contribution >= 4 is 39.5 Å². The van der Waals surface area contributed by atoms with Gasteiger partial charge in [-0.05, 0) is 42.8 Å². The topological polar surface area (TPSA) is 80.6 Å². The minimum absolute atomic E-state index is 0.167. The van der Waals surface area contributed by atoms with Crippen molar-refractivity contribution in [3.05, 3.63) is 31.6 Å². The van der Waals surface area contributed by atoms with Gasteiger partial charge in [0.05, 0.1) is 9.50 Å². The Hall–Kier alpha value is -1.54. The molecule has 2 aliphatic heterocycles. The number of pyridine rings is 1. The van der Waals surface area contributed by atoms with Crippen LogP contribution in [-0.2, 0) is 10.4 Å². The number of hydrogen-bond donors (Lipinski definition) is 1. The minimum atomic E-state index is -0.866. The van der Waals surface area contributed by atoms with Crippen LogP contribution in [0.4, 0.5) is 4.79 Å². The van der Waals surface area contributed by atoms with E-state index >= 15 is 0 Å². The van der Waals surface area contributed by atoms with Crippen molar-refractivity contribution in [2.45, 2.75) is 44.9 Å². The number of carbonyl (C=O) groups is 2. The lowest BCUT2D eigenvalue weighted by Gasteiger charge is -2.40. The van der Waals surface area contributed by atoms with Crippen LogP contribution in [0.3, 0.4) is 0 Å². The maximum absolute atomic E-state index is 12.6. The molecule has 1 N–H and O–H groups in total. The van der Waals surface area contributed by atoms with Gasteiger partial charge in [0.2, 0.25) is 0 Å². The minimum Gasteiger partial charge on any atom is -0.444 e. The number of likely N-dealkylation sites (tertiary alicyclic amines) is 1. The number of rotatable bonds is 0. The Morgan fingerprint density at radius 1 is 1.32 bits per heavy atom. The molecular weight excluding hydrogens is 414 g/mol. The summed E-state index contributed by atoms with van der Waals surface area (Å²) in [5, 5.41) is 3.11. The van der Waals surface area contributed by atoms with Gasteiger partial charge in [0.1, 0.15) is 17.0 Å². The first kappa shape index (κ1) is 18.3. The van der Waals surface area contributed by atoms with Crippen molar-refractivity contribution in [3.8, 4) is 0 Å². The highest BCUT2D eigenvalue weighted by atomic mass is 79.9. The van der Waals surface area contributed by atoms with Crippen LogP contribution in [0.1, 0.15) is 44.1 Å². The van der Waals surface area contributed by atoms with E-state index in [1.165, 1.54) is 10.6 Å². The summed E-state index contributed by atoms with van der Waals surface area (Å²) in [6, 6.07) is 1.43. The fourth-order valence-electron chi connectivity index (χ4n) is 3.24. The number of ether oxygens (including phenoxy) is 1. The maximum Gasteiger partial charge on any atom is 0.410 e. The van der Waals surface area contributed by atoms with Crippen LogP contribution in [0.5, 0.6) is 0 Å². The smallest absolute Gasteiger partial charge is 0.410 e. The molecule has 1 saturated heterocycles. The van der Waals surface area contributed by atoms with Crippen molar-refractivity contribution in [1.29, 1.82) is 0 Å². The molecule has 0 aliphatic carbocycles. The number of nitrogens with zero attached hydrogens (tertiary/aromatic N) is 2. The number of nitrogens with one attached hydrogen (secondary N) is 1. The van der Waals surface area contributed by atoms with Crippen molar-refractivity contribution < 1.29 is 14.3 Å². The molecule has 1 fully saturated rings. The molecule has 3 rings (SSSR count). The summed E-state index contributed by atoms with van der Waals surface area (Å²) in [5.41, 5.74) is -1.59. The number of amides is 2. The Morgan fingerprint density at radius 3 is 2.48 bits per heavy atom. The van der Waals surface area contributed by atoms with Crippen molar-refractivity contribution in [3.63, 3.8) is 0 Å². The van der Waals surface area contributed by atoms with E-state index in [2.05, 4.69) is 21.2 Å². The van der Waals surface area contributed by atoms with E-state index in [0.717, 1.165) is 0 Å². The van der Waals surface area contributed by atoms with Crippen LogP contribution in [0.25, 0.3) is 0 Å². The molecule has 0 atom stereocenters. The van der Waals surface area contributed by atoms with Gasteiger partial charge in [-0.2, -0.15) is 0 Å². The Morgan fingerprint density at radius 2 is 1.92 bits per heavy atom. The van der Waals surface area contributed by atoms with Gasteiger partial charge >= 0.3 is 6.09 Å². The zero-order valence-electron chi connectivity index (χ0n) is 14.2. The van der Waals surface area contributed by atoms with Crippen LogP contribution >= 0.6 is 27.5 Å². The summed E-state index contributed by atoms with van der Waals surface area (Å²) in [7, 11) is 0. The summed E-state index contributed by atoms with van der Waals surface area (Å²) < 4.78 is 7.11. The van der Waals surface area contributed by atoms with E-state index in [1.807, 2.05) is 20.8 Å². The first-order chi connectivity index (χ1) is 11.5. The molecule has 3 heterocycles. The van der Waals surface area contributed by atoms with E-state index in [4.69, 9.17) is 16.3 Å². The molecule has 136 valence electrons. The van der Waals surface area contributed by atoms with E-state index in [-0.39, 0.29) is 22.2 Å². The van der Waals surface area contributed by atoms with Crippen LogP contribution in [0.2, 0.25) is 5.02 Å². The molecule has 7 nitrogen and oxygen atoms in total. The SMILES string of the molecule is CC(C)(C)OC(=O)N1CCC2(CC1)NC(=O)c1c(Cl)cc(Br)c(=O)n12. The highest BCUT2D eigenvalue weighted by Gasteiger charge is 2.47. The second kappa shape index (κ2) is 6.02. The maximum atomic E-state index is 12.6. The van der Waals surface area contributed by atoms with Gasteiger partial charge in [-0.25, -0.2) is 4.79 Å². The van der Waals surface area contributed by atoms with Gasteiger partial charge in [-0.3, -0.25) is 14.2 Å². The zero-order chi connectivity index (χ0) is 18.6. The predicted molar refractivity (Wildman–Crippen MR) is 95.9 cm³/mol. The Balaban J connectivity index is 1.88. The lowest BCUT2D eigenvalue weighted by Crippen LogP contribution is -2.55. The number of fused-ring (bicyclic) bond motifs is 2. The lowest BCUT2D eigenvalue weighted by atomic mass is 9.97. The molecule has 1 aromatic rings. The highest BCUT2D eigenvalue weighted by molar-refractivity contribution is 9.10. The largest absolute Gasteiger partial charge is 0.444 e. The quantitative estimate of drug-likeness (QED) is 0.683. The molecule has 1 spiro atoms. The van der Waals surface area contributed by atoms with E-state index in [9.17, 15) is 14.4 Å². The molecule has 0 unspecified atom stereocenters. The predicted octanol–water partition coefficient (Wildman–Crippen LogP) is 2.69. The van der Waals surface area contributed by atoms with E-state index in [0.29, 0.717) is 30.4 Å². The molecule has 0 saturated carbocycles. The third-order valence-electron chi connectivity index (χ3n) is 4.34. The average molecular weight is 433 g/mol. The first-order valence-corrected chi connectivity index (χ1v) is 9.13. The molecule has 0 bridgehead atoms. The molecule has 2 aliphatic rings. The molecule has 25 heavy (non-hydrogen) atoms. The van der Waals surface area contributed by atoms with Gasteiger partial charge in [0.15, 0.2) is 0 Å². The van der Waals surface area contributed by atoms with Crippen LogP contribution in [0, 0.1) is 0 Å². The van der Waals surface area contributed by atoms with Gasteiger partial charge in [-0.15, -0.1) is 0 Å². The molecule has 9 heteroatoms. The van der Waals surface area contributed by atoms with Crippen LogP contribution < -0.4 is 10.9 Å². The van der Waals surface area contributed by atoms with E-state index in [1.54, 1.807) is 4.90 Å². The first-order valence-electron chi connectivity index (χ1n) is 7.96. The Labute approximate surface area is 158 Å². The fourth-order valence-corrected chi connectivity index (χ4v) is 4.05. The van der Waals surface area contributed by atoms with Crippen molar-refractivity contribution in [2.75, 3.05) is 13.1 Å². The molecule has 1 aromatic heterocycles. The van der Waals surface area contributed by atoms with Gasteiger partial charge < -0.3 is 15.0 Å². The monoisotopic (exact) mass is 431 g/mol. The normalized spacial score (nSPS) is 18.9. The second-order valence-corrected chi connectivity index (χ2v) is 8.54. The van der Waals surface area contributed by atoms with Crippen molar-refractivity contribution in [2.24, 2.45) is 0 Å². The Kier molecular flexibility index (Phi) is 4.39. The number of hydrogen-bond acceptors (Lipinski definition) is 4. The number of carbonyl (C=O) groups excluding carboxylic acids is 2. The summed E-state index contributed by atoms with van der Waals surface area (Å²) >= 11 is 9.36. The second-order valence-electron chi connectivity index (χ2n) is 7.28. The fraction of sp³-hybridized carbons (Fsp3) is 0.562. The molecule has 2 amide bonds.